The monoisotopic (exact) mass is 342 g/mol. The second-order valence-corrected chi connectivity index (χ2v) is 5.60. The van der Waals surface area contributed by atoms with Gasteiger partial charge in [0.1, 0.15) is 0 Å². The minimum Gasteiger partial charge on any atom is -0.258 e. The van der Waals surface area contributed by atoms with Gasteiger partial charge in [0.25, 0.3) is 5.69 Å². The van der Waals surface area contributed by atoms with Crippen LogP contribution < -0.4 is 0 Å². The Morgan fingerprint density at radius 2 is 2.00 bits per heavy atom. The molecule has 0 aliphatic carbocycles. The summed E-state index contributed by atoms with van der Waals surface area (Å²) in [4.78, 5) is 10.3. The summed E-state index contributed by atoms with van der Waals surface area (Å²) in [6.07, 6.45) is -4.40. The molecule has 7 heteroatoms. The molecule has 0 spiro atoms. The molecular weight excluding hydrogens is 331 g/mol. The lowest BCUT2D eigenvalue weighted by Gasteiger charge is -2.13. The van der Waals surface area contributed by atoms with Gasteiger partial charge in [0.05, 0.1) is 10.5 Å². The molecule has 121 valence electrons. The third kappa shape index (κ3) is 4.22. The zero-order valence-electron chi connectivity index (χ0n) is 12.0. The van der Waals surface area contributed by atoms with Gasteiger partial charge in [0, 0.05) is 16.7 Å². The number of nitrogens with zero attached hydrogens (tertiary/aromatic N) is 1. The number of halogens is 4. The topological polar surface area (TPSA) is 43.1 Å². The number of nitro groups is 1. The molecule has 0 bridgehead atoms. The van der Waals surface area contributed by atoms with E-state index >= 15 is 0 Å². The van der Waals surface area contributed by atoms with E-state index in [0.717, 1.165) is 17.7 Å². The Labute approximate surface area is 135 Å². The highest BCUT2D eigenvalue weighted by molar-refractivity contribution is 6.30. The van der Waals surface area contributed by atoms with Crippen LogP contribution in [0.25, 0.3) is 0 Å². The van der Waals surface area contributed by atoms with E-state index in [1.807, 2.05) is 6.92 Å². The second kappa shape index (κ2) is 6.58. The highest BCUT2D eigenvalue weighted by Gasteiger charge is 2.33. The van der Waals surface area contributed by atoms with E-state index < -0.39 is 22.4 Å². The first-order valence-corrected chi connectivity index (χ1v) is 7.08. The number of alkyl halides is 3. The molecule has 1 radical (unpaired) electrons. The highest BCUT2D eigenvalue weighted by Crippen LogP contribution is 2.34. The SMILES string of the molecule is C[C@H](Cc1ccc(C(F)(F)F)cc1[N+](=O)[O-])c1[c]ccc(Cl)c1. The average Bonchev–Trinajstić information content (AvgIpc) is 2.46. The predicted molar refractivity (Wildman–Crippen MR) is 80.5 cm³/mol. The average molecular weight is 343 g/mol. The van der Waals surface area contributed by atoms with E-state index in [4.69, 9.17) is 11.6 Å². The van der Waals surface area contributed by atoms with Gasteiger partial charge in [-0.1, -0.05) is 30.7 Å². The Hall–Kier alpha value is -2.08. The normalized spacial score (nSPS) is 12.9. The molecule has 0 saturated carbocycles. The smallest absolute Gasteiger partial charge is 0.258 e. The number of hydrogen-bond donors (Lipinski definition) is 0. The lowest BCUT2D eigenvalue weighted by molar-refractivity contribution is -0.385. The zero-order valence-corrected chi connectivity index (χ0v) is 12.8. The molecule has 2 aromatic rings. The van der Waals surface area contributed by atoms with E-state index in [0.29, 0.717) is 11.1 Å². The molecule has 2 rings (SSSR count). The van der Waals surface area contributed by atoms with Gasteiger partial charge in [0.15, 0.2) is 0 Å². The first kappa shape index (κ1) is 17.3. The molecule has 2 aromatic carbocycles. The fourth-order valence-corrected chi connectivity index (χ4v) is 2.44. The third-order valence-electron chi connectivity index (χ3n) is 3.45. The van der Waals surface area contributed by atoms with Crippen molar-refractivity contribution >= 4 is 17.3 Å². The molecule has 0 heterocycles. The molecule has 0 unspecified atom stereocenters. The van der Waals surface area contributed by atoms with E-state index in [9.17, 15) is 23.3 Å². The zero-order chi connectivity index (χ0) is 17.2. The molecule has 0 saturated heterocycles. The van der Waals surface area contributed by atoms with Crippen molar-refractivity contribution < 1.29 is 18.1 Å². The minimum absolute atomic E-state index is 0.177. The van der Waals surface area contributed by atoms with Crippen LogP contribution in [-0.2, 0) is 12.6 Å². The lowest BCUT2D eigenvalue weighted by Crippen LogP contribution is -2.08. The number of benzene rings is 2. The van der Waals surface area contributed by atoms with Crippen molar-refractivity contribution in [2.75, 3.05) is 0 Å². The first-order valence-electron chi connectivity index (χ1n) is 6.70. The van der Waals surface area contributed by atoms with Gasteiger partial charge in [0.2, 0.25) is 0 Å². The molecular formula is C16H12ClF3NO2. The van der Waals surface area contributed by atoms with Crippen LogP contribution in [0.5, 0.6) is 0 Å². The van der Waals surface area contributed by atoms with Crippen LogP contribution in [0.4, 0.5) is 18.9 Å². The van der Waals surface area contributed by atoms with Crippen molar-refractivity contribution in [3.05, 3.63) is 74.3 Å². The van der Waals surface area contributed by atoms with Crippen molar-refractivity contribution in [3.8, 4) is 0 Å². The second-order valence-electron chi connectivity index (χ2n) is 5.17. The van der Waals surface area contributed by atoms with Crippen LogP contribution in [0, 0.1) is 16.2 Å². The summed E-state index contributed by atoms with van der Waals surface area (Å²) in [6.45, 7) is 1.81. The van der Waals surface area contributed by atoms with Gasteiger partial charge in [-0.25, -0.2) is 0 Å². The summed E-state index contributed by atoms with van der Waals surface area (Å²) in [6, 6.07) is 10.5. The molecule has 3 nitrogen and oxygen atoms in total. The quantitative estimate of drug-likeness (QED) is 0.550. The predicted octanol–water partition coefficient (Wildman–Crippen LogP) is 5.41. The summed E-state index contributed by atoms with van der Waals surface area (Å²) in [5, 5.41) is 11.6. The lowest BCUT2D eigenvalue weighted by atomic mass is 9.92. The number of rotatable bonds is 4. The Balaban J connectivity index is 2.34. The van der Waals surface area contributed by atoms with Crippen molar-refractivity contribution in [2.24, 2.45) is 0 Å². The van der Waals surface area contributed by atoms with Gasteiger partial charge < -0.3 is 0 Å². The molecule has 0 aliphatic heterocycles. The Bertz CT molecular complexity index is 732. The summed E-state index contributed by atoms with van der Waals surface area (Å²) in [7, 11) is 0. The molecule has 0 fully saturated rings. The Morgan fingerprint density at radius 3 is 2.57 bits per heavy atom. The van der Waals surface area contributed by atoms with Crippen LogP contribution in [-0.4, -0.2) is 4.92 Å². The Morgan fingerprint density at radius 1 is 1.30 bits per heavy atom. The van der Waals surface area contributed by atoms with Gasteiger partial charge in [-0.3, -0.25) is 10.1 Å². The van der Waals surface area contributed by atoms with E-state index in [1.54, 1.807) is 18.2 Å². The molecule has 0 aromatic heterocycles. The summed E-state index contributed by atoms with van der Waals surface area (Å²) in [5.74, 6) is -0.177. The van der Waals surface area contributed by atoms with Crippen molar-refractivity contribution in [1.29, 1.82) is 0 Å². The van der Waals surface area contributed by atoms with E-state index in [-0.39, 0.29) is 17.9 Å². The van der Waals surface area contributed by atoms with Crippen LogP contribution in [0.1, 0.15) is 29.5 Å². The maximum atomic E-state index is 12.7. The third-order valence-corrected chi connectivity index (χ3v) is 3.69. The van der Waals surface area contributed by atoms with Gasteiger partial charge >= 0.3 is 6.18 Å². The number of hydrogen-bond acceptors (Lipinski definition) is 2. The van der Waals surface area contributed by atoms with Crippen molar-refractivity contribution in [1.82, 2.24) is 0 Å². The molecule has 1 atom stereocenters. The molecule has 0 N–H and O–H groups in total. The summed E-state index contributed by atoms with van der Waals surface area (Å²) >= 11 is 5.89. The fourth-order valence-electron chi connectivity index (χ4n) is 2.26. The van der Waals surface area contributed by atoms with Crippen LogP contribution in [0.3, 0.4) is 0 Å². The van der Waals surface area contributed by atoms with E-state index in [2.05, 4.69) is 6.07 Å². The summed E-state index contributed by atoms with van der Waals surface area (Å²) in [5.41, 5.74) is -0.584. The van der Waals surface area contributed by atoms with Gasteiger partial charge in [-0.15, -0.1) is 0 Å². The van der Waals surface area contributed by atoms with E-state index in [1.165, 1.54) is 0 Å². The standard InChI is InChI=1S/C16H12ClF3NO2/c1-10(11-3-2-4-14(17)8-11)7-12-5-6-13(16(18,19)20)9-15(12)21(22)23/h2,4-6,8-10H,7H2,1H3/t10-/m1/s1. The minimum atomic E-state index is -4.62. The molecule has 23 heavy (non-hydrogen) atoms. The maximum Gasteiger partial charge on any atom is 0.416 e. The van der Waals surface area contributed by atoms with Crippen molar-refractivity contribution in [3.63, 3.8) is 0 Å². The van der Waals surface area contributed by atoms with Crippen LogP contribution in [0.15, 0.2) is 36.4 Å². The van der Waals surface area contributed by atoms with Gasteiger partial charge in [-0.05, 0) is 42.2 Å². The van der Waals surface area contributed by atoms with Crippen molar-refractivity contribution in [2.45, 2.75) is 25.4 Å². The van der Waals surface area contributed by atoms with Crippen LogP contribution in [0.2, 0.25) is 5.02 Å². The molecule has 0 aliphatic rings. The fraction of sp³-hybridized carbons (Fsp3) is 0.250. The Kier molecular flexibility index (Phi) is 4.94. The van der Waals surface area contributed by atoms with Gasteiger partial charge in [-0.2, -0.15) is 13.2 Å². The number of nitro benzene ring substituents is 1. The maximum absolute atomic E-state index is 12.7. The van der Waals surface area contributed by atoms with Crippen LogP contribution >= 0.6 is 11.6 Å². The highest BCUT2D eigenvalue weighted by atomic mass is 35.5. The first-order chi connectivity index (χ1) is 10.7. The summed E-state index contributed by atoms with van der Waals surface area (Å²) < 4.78 is 38.1. The molecule has 0 amide bonds. The largest absolute Gasteiger partial charge is 0.416 e.